The minimum atomic E-state index is -0.339. The Morgan fingerprint density at radius 2 is 1.39 bits per heavy atom. The van der Waals surface area contributed by atoms with Crippen LogP contribution in [0.3, 0.4) is 0 Å². The summed E-state index contributed by atoms with van der Waals surface area (Å²) >= 11 is 0. The van der Waals surface area contributed by atoms with E-state index in [1.807, 2.05) is 4.90 Å². The average Bonchev–Trinajstić information content (AvgIpc) is 3.28. The summed E-state index contributed by atoms with van der Waals surface area (Å²) in [7, 11) is 0. The van der Waals surface area contributed by atoms with Gasteiger partial charge in [-0.05, 0) is 49.9 Å². The van der Waals surface area contributed by atoms with Crippen LogP contribution >= 0.6 is 0 Å². The van der Waals surface area contributed by atoms with Gasteiger partial charge in [0, 0.05) is 56.8 Å². The fourth-order valence-corrected chi connectivity index (χ4v) is 4.94. The van der Waals surface area contributed by atoms with Crippen LogP contribution in [0.5, 0.6) is 0 Å². The van der Waals surface area contributed by atoms with Gasteiger partial charge in [-0.2, -0.15) is 0 Å². The molecule has 3 aliphatic rings. The zero-order valence-electron chi connectivity index (χ0n) is 16.5. The summed E-state index contributed by atoms with van der Waals surface area (Å²) in [6.07, 6.45) is 6.75. The maximum atomic E-state index is 13.1. The molecule has 2 aliphatic heterocycles. The highest BCUT2D eigenvalue weighted by molar-refractivity contribution is 5.94. The molecule has 0 aromatic heterocycles. The number of carbonyl (C=O) groups is 2. The van der Waals surface area contributed by atoms with E-state index in [-0.39, 0.29) is 23.5 Å². The van der Waals surface area contributed by atoms with Crippen LogP contribution in [-0.2, 0) is 4.79 Å². The predicted molar refractivity (Wildman–Crippen MR) is 105 cm³/mol. The summed E-state index contributed by atoms with van der Waals surface area (Å²) in [5.41, 5.74) is 0.509. The second-order valence-corrected chi connectivity index (χ2v) is 8.37. The molecule has 1 saturated carbocycles. The van der Waals surface area contributed by atoms with Crippen molar-refractivity contribution in [3.63, 3.8) is 0 Å². The third-order valence-electron chi connectivity index (χ3n) is 6.69. The van der Waals surface area contributed by atoms with Crippen molar-refractivity contribution in [2.45, 2.75) is 44.6 Å². The number of rotatable bonds is 3. The lowest BCUT2D eigenvalue weighted by molar-refractivity contribution is -0.139. The van der Waals surface area contributed by atoms with E-state index in [0.29, 0.717) is 31.5 Å². The van der Waals surface area contributed by atoms with Crippen molar-refractivity contribution < 1.29 is 14.0 Å². The Hall–Kier alpha value is -1.95. The van der Waals surface area contributed by atoms with Crippen molar-refractivity contribution in [3.05, 3.63) is 35.6 Å². The lowest BCUT2D eigenvalue weighted by atomic mass is 9.94. The van der Waals surface area contributed by atoms with Crippen LogP contribution in [0.1, 0.15) is 48.9 Å². The third kappa shape index (κ3) is 4.22. The van der Waals surface area contributed by atoms with Crippen LogP contribution in [-0.4, -0.2) is 71.8 Å². The van der Waals surface area contributed by atoms with Crippen molar-refractivity contribution in [1.82, 2.24) is 14.7 Å². The molecule has 0 unspecified atom stereocenters. The van der Waals surface area contributed by atoms with E-state index in [2.05, 4.69) is 4.90 Å². The van der Waals surface area contributed by atoms with E-state index in [1.165, 1.54) is 49.9 Å². The summed E-state index contributed by atoms with van der Waals surface area (Å²) in [5, 5.41) is 0. The van der Waals surface area contributed by atoms with Gasteiger partial charge in [-0.15, -0.1) is 0 Å². The molecule has 3 fully saturated rings. The van der Waals surface area contributed by atoms with E-state index in [0.717, 1.165) is 32.2 Å². The highest BCUT2D eigenvalue weighted by atomic mass is 19.1. The summed E-state index contributed by atoms with van der Waals surface area (Å²) in [6, 6.07) is 6.42. The molecule has 2 amide bonds. The Morgan fingerprint density at radius 1 is 0.786 bits per heavy atom. The summed E-state index contributed by atoms with van der Waals surface area (Å²) < 4.78 is 13.1. The maximum Gasteiger partial charge on any atom is 0.253 e. The van der Waals surface area contributed by atoms with Crippen molar-refractivity contribution in [2.75, 3.05) is 39.3 Å². The quantitative estimate of drug-likeness (QED) is 0.801. The molecule has 5 nitrogen and oxygen atoms in total. The van der Waals surface area contributed by atoms with Gasteiger partial charge in [-0.3, -0.25) is 14.5 Å². The van der Waals surface area contributed by atoms with Gasteiger partial charge >= 0.3 is 0 Å². The lowest BCUT2D eigenvalue weighted by Crippen LogP contribution is -2.53. The molecular weight excluding hydrogens is 357 g/mol. The standard InChI is InChI=1S/C22H30FN3O2/c23-19-7-5-17(6-8-19)21(27)25-11-9-18(10-12-25)22(28)26-15-13-24(14-16-26)20-3-1-2-4-20/h5-8,18,20H,1-4,9-16H2. The highest BCUT2D eigenvalue weighted by Crippen LogP contribution is 2.26. The summed E-state index contributed by atoms with van der Waals surface area (Å²) in [4.78, 5) is 31.9. The molecule has 0 N–H and O–H groups in total. The number of piperidine rings is 1. The molecule has 28 heavy (non-hydrogen) atoms. The first-order valence-electron chi connectivity index (χ1n) is 10.7. The molecule has 1 aromatic carbocycles. The number of likely N-dealkylation sites (tertiary alicyclic amines) is 1. The van der Waals surface area contributed by atoms with Gasteiger partial charge < -0.3 is 9.80 Å². The minimum absolute atomic E-state index is 0.0234. The summed E-state index contributed by atoms with van der Waals surface area (Å²) in [5.74, 6) is -0.125. The molecule has 0 atom stereocenters. The SMILES string of the molecule is O=C(c1ccc(F)cc1)N1CCC(C(=O)N2CCN(C3CCCC3)CC2)CC1. The average molecular weight is 387 g/mol. The Balaban J connectivity index is 1.25. The Bertz CT molecular complexity index is 686. The molecule has 0 spiro atoms. The first-order valence-corrected chi connectivity index (χ1v) is 10.7. The zero-order chi connectivity index (χ0) is 19.5. The van der Waals surface area contributed by atoms with Crippen LogP contribution in [0.2, 0.25) is 0 Å². The van der Waals surface area contributed by atoms with E-state index in [4.69, 9.17) is 0 Å². The smallest absolute Gasteiger partial charge is 0.253 e. The molecule has 1 aromatic rings. The van der Waals surface area contributed by atoms with Gasteiger partial charge in [0.2, 0.25) is 5.91 Å². The zero-order valence-corrected chi connectivity index (χ0v) is 16.5. The number of hydrogen-bond donors (Lipinski definition) is 0. The maximum absolute atomic E-state index is 13.1. The number of carbonyl (C=O) groups excluding carboxylic acids is 2. The van der Waals surface area contributed by atoms with Crippen molar-refractivity contribution in [2.24, 2.45) is 5.92 Å². The highest BCUT2D eigenvalue weighted by Gasteiger charge is 2.33. The second-order valence-electron chi connectivity index (χ2n) is 8.37. The third-order valence-corrected chi connectivity index (χ3v) is 6.69. The largest absolute Gasteiger partial charge is 0.340 e. The van der Waals surface area contributed by atoms with Crippen LogP contribution in [0.25, 0.3) is 0 Å². The molecule has 2 saturated heterocycles. The monoisotopic (exact) mass is 387 g/mol. The van der Waals surface area contributed by atoms with E-state index in [1.54, 1.807) is 4.90 Å². The first kappa shape index (κ1) is 19.4. The Kier molecular flexibility index (Phi) is 5.95. The van der Waals surface area contributed by atoms with Gasteiger partial charge in [-0.1, -0.05) is 12.8 Å². The number of hydrogen-bond acceptors (Lipinski definition) is 3. The van der Waals surface area contributed by atoms with Crippen molar-refractivity contribution in [3.8, 4) is 0 Å². The van der Waals surface area contributed by atoms with E-state index < -0.39 is 0 Å². The molecular formula is C22H30FN3O2. The predicted octanol–water partition coefficient (Wildman–Crippen LogP) is 2.76. The van der Waals surface area contributed by atoms with E-state index in [9.17, 15) is 14.0 Å². The van der Waals surface area contributed by atoms with Gasteiger partial charge in [-0.25, -0.2) is 4.39 Å². The molecule has 0 radical (unpaired) electrons. The van der Waals surface area contributed by atoms with Gasteiger partial charge in [0.05, 0.1) is 0 Å². The molecule has 152 valence electrons. The fraction of sp³-hybridized carbons (Fsp3) is 0.636. The number of nitrogens with zero attached hydrogens (tertiary/aromatic N) is 3. The normalized spacial score (nSPS) is 22.6. The van der Waals surface area contributed by atoms with E-state index >= 15 is 0 Å². The Morgan fingerprint density at radius 3 is 2.00 bits per heavy atom. The second kappa shape index (κ2) is 8.60. The molecule has 0 bridgehead atoms. The first-order chi connectivity index (χ1) is 13.6. The van der Waals surface area contributed by atoms with Gasteiger partial charge in [0.15, 0.2) is 0 Å². The fourth-order valence-electron chi connectivity index (χ4n) is 4.94. The van der Waals surface area contributed by atoms with Crippen LogP contribution < -0.4 is 0 Å². The van der Waals surface area contributed by atoms with Crippen LogP contribution in [0, 0.1) is 11.7 Å². The number of piperazine rings is 1. The number of amides is 2. The molecule has 6 heteroatoms. The number of halogens is 1. The lowest BCUT2D eigenvalue weighted by Gasteiger charge is -2.40. The van der Waals surface area contributed by atoms with Gasteiger partial charge in [0.25, 0.3) is 5.91 Å². The Labute approximate surface area is 166 Å². The molecule has 1 aliphatic carbocycles. The van der Waals surface area contributed by atoms with Crippen LogP contribution in [0.4, 0.5) is 4.39 Å². The van der Waals surface area contributed by atoms with Crippen molar-refractivity contribution in [1.29, 1.82) is 0 Å². The number of benzene rings is 1. The minimum Gasteiger partial charge on any atom is -0.340 e. The summed E-state index contributed by atoms with van der Waals surface area (Å²) in [6.45, 7) is 4.86. The topological polar surface area (TPSA) is 43.9 Å². The van der Waals surface area contributed by atoms with Crippen LogP contribution in [0.15, 0.2) is 24.3 Å². The van der Waals surface area contributed by atoms with Crippen molar-refractivity contribution >= 4 is 11.8 Å². The van der Waals surface area contributed by atoms with Gasteiger partial charge in [0.1, 0.15) is 5.82 Å². The molecule has 4 rings (SSSR count). The molecule has 2 heterocycles.